The van der Waals surface area contributed by atoms with E-state index < -0.39 is 0 Å². The molecule has 0 spiro atoms. The molecule has 0 aliphatic carbocycles. The molecule has 0 aromatic carbocycles. The van der Waals surface area contributed by atoms with Crippen molar-refractivity contribution in [1.29, 1.82) is 0 Å². The van der Waals surface area contributed by atoms with Gasteiger partial charge in [0.25, 0.3) is 0 Å². The molecule has 1 aliphatic rings. The zero-order valence-electron chi connectivity index (χ0n) is 4.59. The third-order valence-corrected chi connectivity index (χ3v) is 1.25. The Morgan fingerprint density at radius 1 is 1.57 bits per heavy atom. The summed E-state index contributed by atoms with van der Waals surface area (Å²) >= 11 is 0. The average molecular weight is 99.1 g/mol. The molecule has 1 rings (SSSR count). The van der Waals surface area contributed by atoms with Gasteiger partial charge in [0.2, 0.25) is 0 Å². The molecule has 0 N–H and O–H groups in total. The SMILES string of the molecule is CC1N=CO[C@H]1C. The normalized spacial score (nSPS) is 38.6. The van der Waals surface area contributed by atoms with E-state index >= 15 is 0 Å². The van der Waals surface area contributed by atoms with Crippen molar-refractivity contribution in [3.63, 3.8) is 0 Å². The maximum absolute atomic E-state index is 4.97. The molecule has 0 aromatic heterocycles. The first-order chi connectivity index (χ1) is 3.30. The summed E-state index contributed by atoms with van der Waals surface area (Å²) in [4.78, 5) is 3.97. The van der Waals surface area contributed by atoms with Crippen molar-refractivity contribution in [3.05, 3.63) is 0 Å². The van der Waals surface area contributed by atoms with E-state index in [1.807, 2.05) is 13.8 Å². The molecule has 0 aromatic rings. The van der Waals surface area contributed by atoms with E-state index in [1.165, 1.54) is 6.40 Å². The molecular weight excluding hydrogens is 90.1 g/mol. The zero-order chi connectivity index (χ0) is 5.28. The Balaban J connectivity index is 2.45. The summed E-state index contributed by atoms with van der Waals surface area (Å²) in [5, 5.41) is 0. The van der Waals surface area contributed by atoms with Gasteiger partial charge in [0, 0.05) is 0 Å². The Labute approximate surface area is 43.2 Å². The minimum atomic E-state index is 0.292. The van der Waals surface area contributed by atoms with Gasteiger partial charge in [-0.3, -0.25) is 4.99 Å². The van der Waals surface area contributed by atoms with Crippen LogP contribution in [0.4, 0.5) is 0 Å². The minimum Gasteiger partial charge on any atom is -0.478 e. The fourth-order valence-electron chi connectivity index (χ4n) is 0.462. The van der Waals surface area contributed by atoms with Crippen LogP contribution in [0, 0.1) is 0 Å². The van der Waals surface area contributed by atoms with Crippen LogP contribution in [0.3, 0.4) is 0 Å². The van der Waals surface area contributed by atoms with Crippen LogP contribution in [0.2, 0.25) is 0 Å². The van der Waals surface area contributed by atoms with E-state index in [-0.39, 0.29) is 0 Å². The van der Waals surface area contributed by atoms with Crippen LogP contribution in [-0.2, 0) is 4.74 Å². The van der Waals surface area contributed by atoms with E-state index in [4.69, 9.17) is 4.74 Å². The second kappa shape index (κ2) is 1.52. The Morgan fingerprint density at radius 2 is 2.29 bits per heavy atom. The molecule has 0 saturated heterocycles. The highest BCUT2D eigenvalue weighted by Gasteiger charge is 2.14. The lowest BCUT2D eigenvalue weighted by molar-refractivity contribution is 0.227. The van der Waals surface area contributed by atoms with Crippen LogP contribution < -0.4 is 0 Å². The molecule has 1 heterocycles. The molecule has 1 unspecified atom stereocenters. The maximum atomic E-state index is 4.97. The highest BCUT2D eigenvalue weighted by molar-refractivity contribution is 5.49. The van der Waals surface area contributed by atoms with Crippen molar-refractivity contribution in [2.24, 2.45) is 4.99 Å². The van der Waals surface area contributed by atoms with E-state index in [9.17, 15) is 0 Å². The predicted molar refractivity (Wildman–Crippen MR) is 28.5 cm³/mol. The van der Waals surface area contributed by atoms with Gasteiger partial charge < -0.3 is 4.74 Å². The van der Waals surface area contributed by atoms with Gasteiger partial charge in [-0.1, -0.05) is 0 Å². The molecule has 2 nitrogen and oxygen atoms in total. The summed E-state index contributed by atoms with van der Waals surface area (Å²) in [6.07, 6.45) is 1.81. The quantitative estimate of drug-likeness (QED) is 0.440. The number of rotatable bonds is 0. The van der Waals surface area contributed by atoms with Gasteiger partial charge in [0.15, 0.2) is 6.40 Å². The van der Waals surface area contributed by atoms with Gasteiger partial charge in [-0.2, -0.15) is 0 Å². The van der Waals surface area contributed by atoms with Crippen molar-refractivity contribution >= 4 is 6.40 Å². The van der Waals surface area contributed by atoms with Gasteiger partial charge in [0.05, 0.1) is 6.04 Å². The summed E-state index contributed by atoms with van der Waals surface area (Å²) in [5.41, 5.74) is 0. The van der Waals surface area contributed by atoms with Crippen LogP contribution in [0.15, 0.2) is 4.99 Å². The minimum absolute atomic E-state index is 0.292. The molecule has 0 fully saturated rings. The van der Waals surface area contributed by atoms with Gasteiger partial charge >= 0.3 is 0 Å². The lowest BCUT2D eigenvalue weighted by atomic mass is 10.2. The maximum Gasteiger partial charge on any atom is 0.170 e. The van der Waals surface area contributed by atoms with Crippen molar-refractivity contribution in [2.75, 3.05) is 0 Å². The molecule has 2 heteroatoms. The first-order valence-corrected chi connectivity index (χ1v) is 2.48. The standard InChI is InChI=1S/C5H9NO/c1-4-5(2)7-3-6-4/h3-5H,1-2H3/t4?,5-/m0/s1. The fraction of sp³-hybridized carbons (Fsp3) is 0.800. The zero-order valence-corrected chi connectivity index (χ0v) is 4.59. The Morgan fingerprint density at radius 3 is 2.43 bits per heavy atom. The van der Waals surface area contributed by atoms with Crippen molar-refractivity contribution in [3.8, 4) is 0 Å². The van der Waals surface area contributed by atoms with Crippen LogP contribution >= 0.6 is 0 Å². The lowest BCUT2D eigenvalue weighted by Crippen LogP contribution is -2.12. The number of hydrogen-bond acceptors (Lipinski definition) is 2. The topological polar surface area (TPSA) is 21.6 Å². The Hall–Kier alpha value is -0.530. The first-order valence-electron chi connectivity index (χ1n) is 2.48. The van der Waals surface area contributed by atoms with Gasteiger partial charge in [-0.25, -0.2) is 0 Å². The van der Waals surface area contributed by atoms with Crippen LogP contribution in [0.1, 0.15) is 13.8 Å². The monoisotopic (exact) mass is 99.1 g/mol. The van der Waals surface area contributed by atoms with Crippen molar-refractivity contribution in [1.82, 2.24) is 0 Å². The second-order valence-corrected chi connectivity index (χ2v) is 1.84. The summed E-state index contributed by atoms with van der Waals surface area (Å²) in [5.74, 6) is 0. The third kappa shape index (κ3) is 0.734. The second-order valence-electron chi connectivity index (χ2n) is 1.84. The van der Waals surface area contributed by atoms with E-state index in [1.54, 1.807) is 0 Å². The van der Waals surface area contributed by atoms with Crippen LogP contribution in [0.5, 0.6) is 0 Å². The molecule has 0 bridgehead atoms. The number of aliphatic imine (C=N–C) groups is 1. The van der Waals surface area contributed by atoms with E-state index in [0.717, 1.165) is 0 Å². The molecule has 0 saturated carbocycles. The Bertz CT molecular complexity index is 90.1. The Kier molecular flexibility index (Phi) is 1.01. The molecule has 0 radical (unpaired) electrons. The van der Waals surface area contributed by atoms with Crippen molar-refractivity contribution < 1.29 is 4.74 Å². The summed E-state index contributed by atoms with van der Waals surface area (Å²) in [7, 11) is 0. The molecule has 7 heavy (non-hydrogen) atoms. The fourth-order valence-corrected chi connectivity index (χ4v) is 0.462. The smallest absolute Gasteiger partial charge is 0.170 e. The van der Waals surface area contributed by atoms with E-state index in [2.05, 4.69) is 4.99 Å². The van der Waals surface area contributed by atoms with Gasteiger partial charge in [0.1, 0.15) is 6.10 Å². The molecular formula is C5H9NO. The number of ether oxygens (including phenoxy) is 1. The summed E-state index contributed by atoms with van der Waals surface area (Å²) in [6.45, 7) is 4.05. The predicted octanol–water partition coefficient (Wildman–Crippen LogP) is 0.822. The molecule has 40 valence electrons. The van der Waals surface area contributed by atoms with Crippen molar-refractivity contribution in [2.45, 2.75) is 26.0 Å². The van der Waals surface area contributed by atoms with E-state index in [0.29, 0.717) is 12.1 Å². The lowest BCUT2D eigenvalue weighted by Gasteiger charge is -2.03. The highest BCUT2D eigenvalue weighted by atomic mass is 16.5. The number of nitrogens with zero attached hydrogens (tertiary/aromatic N) is 1. The average Bonchev–Trinajstić information content (AvgIpc) is 1.91. The third-order valence-electron chi connectivity index (χ3n) is 1.25. The molecule has 1 aliphatic heterocycles. The molecule has 2 atom stereocenters. The molecule has 0 amide bonds. The summed E-state index contributed by atoms with van der Waals surface area (Å²) in [6, 6.07) is 0.361. The van der Waals surface area contributed by atoms with Crippen LogP contribution in [0.25, 0.3) is 0 Å². The van der Waals surface area contributed by atoms with Crippen LogP contribution in [-0.4, -0.2) is 18.5 Å². The van der Waals surface area contributed by atoms with Gasteiger partial charge in [-0.15, -0.1) is 0 Å². The summed E-state index contributed by atoms with van der Waals surface area (Å²) < 4.78 is 4.97. The largest absolute Gasteiger partial charge is 0.478 e. The highest BCUT2D eigenvalue weighted by Crippen LogP contribution is 2.05. The van der Waals surface area contributed by atoms with Gasteiger partial charge in [-0.05, 0) is 13.8 Å². The number of hydrogen-bond donors (Lipinski definition) is 0. The first kappa shape index (κ1) is 4.62.